The number of hydrogen-bond donors (Lipinski definition) is 1. The molecule has 2 aromatic carbocycles. The number of aromatic amines is 1. The Morgan fingerprint density at radius 1 is 0.944 bits per heavy atom. The summed E-state index contributed by atoms with van der Waals surface area (Å²) in [6, 6.07) is 13.3. The number of nitrogens with zero attached hydrogens (tertiary/aromatic N) is 1. The zero-order chi connectivity index (χ0) is 12.5. The van der Waals surface area contributed by atoms with Gasteiger partial charge in [0.1, 0.15) is 5.82 Å². The van der Waals surface area contributed by atoms with Crippen molar-refractivity contribution < 1.29 is 4.39 Å². The van der Waals surface area contributed by atoms with Gasteiger partial charge in [-0.05, 0) is 23.6 Å². The summed E-state index contributed by atoms with van der Waals surface area (Å²) in [6.07, 6.45) is 0. The van der Waals surface area contributed by atoms with Crippen molar-refractivity contribution in [1.29, 1.82) is 0 Å². The van der Waals surface area contributed by atoms with E-state index in [9.17, 15) is 9.18 Å². The molecule has 3 rings (SSSR count). The van der Waals surface area contributed by atoms with Gasteiger partial charge in [-0.3, -0.25) is 4.79 Å². The van der Waals surface area contributed by atoms with Crippen molar-refractivity contribution in [1.82, 2.24) is 10.2 Å². The number of nitrogens with one attached hydrogen (secondary N) is 1. The van der Waals surface area contributed by atoms with E-state index in [1.807, 2.05) is 12.1 Å². The van der Waals surface area contributed by atoms with Gasteiger partial charge < -0.3 is 0 Å². The van der Waals surface area contributed by atoms with E-state index in [2.05, 4.69) is 10.2 Å². The number of H-pyrrole nitrogens is 1. The van der Waals surface area contributed by atoms with Gasteiger partial charge in [-0.1, -0.05) is 24.3 Å². The average molecular weight is 240 g/mol. The lowest BCUT2D eigenvalue weighted by molar-refractivity contribution is 0.640. The van der Waals surface area contributed by atoms with Crippen LogP contribution in [-0.2, 0) is 0 Å². The lowest BCUT2D eigenvalue weighted by Crippen LogP contribution is -2.05. The van der Waals surface area contributed by atoms with Crippen LogP contribution in [0.25, 0.3) is 22.0 Å². The summed E-state index contributed by atoms with van der Waals surface area (Å²) in [7, 11) is 0. The molecule has 0 fully saturated rings. The molecule has 0 unspecified atom stereocenters. The maximum absolute atomic E-state index is 13.7. The minimum atomic E-state index is -0.265. The second-order valence-electron chi connectivity index (χ2n) is 3.95. The van der Waals surface area contributed by atoms with Gasteiger partial charge in [-0.15, -0.1) is 0 Å². The van der Waals surface area contributed by atoms with Gasteiger partial charge >= 0.3 is 0 Å². The van der Waals surface area contributed by atoms with Crippen molar-refractivity contribution in [2.24, 2.45) is 0 Å². The van der Waals surface area contributed by atoms with Gasteiger partial charge in [0.15, 0.2) is 0 Å². The number of fused-ring (bicyclic) bond motifs is 1. The van der Waals surface area contributed by atoms with E-state index < -0.39 is 0 Å². The molecule has 18 heavy (non-hydrogen) atoms. The third-order valence-corrected chi connectivity index (χ3v) is 2.83. The first-order chi connectivity index (χ1) is 8.75. The number of rotatable bonds is 1. The fourth-order valence-corrected chi connectivity index (χ4v) is 1.98. The highest BCUT2D eigenvalue weighted by molar-refractivity contribution is 5.96. The first-order valence-electron chi connectivity index (χ1n) is 5.49. The normalized spacial score (nSPS) is 10.7. The van der Waals surface area contributed by atoms with Crippen LogP contribution in [0.2, 0.25) is 0 Å². The topological polar surface area (TPSA) is 45.8 Å². The maximum Gasteiger partial charge on any atom is 0.264 e. The van der Waals surface area contributed by atoms with Crippen molar-refractivity contribution in [3.8, 4) is 11.3 Å². The highest BCUT2D eigenvalue weighted by atomic mass is 19.1. The highest BCUT2D eigenvalue weighted by Gasteiger charge is 2.08. The molecule has 0 amide bonds. The Kier molecular flexibility index (Phi) is 2.41. The summed E-state index contributed by atoms with van der Waals surface area (Å²) in [4.78, 5) is 11.0. The molecule has 1 aromatic heterocycles. The molecule has 0 saturated heterocycles. The minimum Gasteiger partial charge on any atom is -0.268 e. The zero-order valence-electron chi connectivity index (χ0n) is 9.35. The predicted molar refractivity (Wildman–Crippen MR) is 67.8 cm³/mol. The van der Waals surface area contributed by atoms with Crippen molar-refractivity contribution in [2.45, 2.75) is 0 Å². The van der Waals surface area contributed by atoms with Gasteiger partial charge in [-0.2, -0.15) is 5.10 Å². The summed E-state index contributed by atoms with van der Waals surface area (Å²) < 4.78 is 13.7. The Bertz CT molecular complexity index is 760. The Morgan fingerprint density at radius 3 is 2.44 bits per heavy atom. The molecule has 3 nitrogen and oxygen atoms in total. The first-order valence-corrected chi connectivity index (χ1v) is 5.49. The lowest BCUT2D eigenvalue weighted by atomic mass is 10.0. The zero-order valence-corrected chi connectivity index (χ0v) is 9.35. The molecular formula is C14H9FN2O. The van der Waals surface area contributed by atoms with E-state index in [1.54, 1.807) is 24.3 Å². The molecule has 0 saturated carbocycles. The molecule has 1 N–H and O–H groups in total. The van der Waals surface area contributed by atoms with Crippen molar-refractivity contribution in [2.75, 3.05) is 0 Å². The SMILES string of the molecule is O=c1ccc(-c2ccc(F)c3ccccc23)n[nH]1. The summed E-state index contributed by atoms with van der Waals surface area (Å²) in [5, 5.41) is 7.67. The number of aromatic nitrogens is 2. The summed E-state index contributed by atoms with van der Waals surface area (Å²) in [5.74, 6) is -0.265. The van der Waals surface area contributed by atoms with Crippen LogP contribution in [0.4, 0.5) is 4.39 Å². The van der Waals surface area contributed by atoms with Crippen LogP contribution >= 0.6 is 0 Å². The fourth-order valence-electron chi connectivity index (χ4n) is 1.98. The van der Waals surface area contributed by atoms with Crippen LogP contribution in [0, 0.1) is 5.82 Å². The number of benzene rings is 2. The Labute approximate surface area is 102 Å². The second kappa shape index (κ2) is 4.07. The van der Waals surface area contributed by atoms with E-state index in [0.29, 0.717) is 11.1 Å². The van der Waals surface area contributed by atoms with Gasteiger partial charge in [0.2, 0.25) is 0 Å². The van der Waals surface area contributed by atoms with E-state index in [-0.39, 0.29) is 11.4 Å². The quantitative estimate of drug-likeness (QED) is 0.710. The molecule has 0 bridgehead atoms. The van der Waals surface area contributed by atoms with Gasteiger partial charge in [0.25, 0.3) is 5.56 Å². The molecule has 0 aliphatic carbocycles. The lowest BCUT2D eigenvalue weighted by Gasteiger charge is -2.06. The smallest absolute Gasteiger partial charge is 0.264 e. The van der Waals surface area contributed by atoms with Crippen LogP contribution in [0.5, 0.6) is 0 Å². The van der Waals surface area contributed by atoms with Crippen molar-refractivity contribution in [3.05, 3.63) is 64.7 Å². The Morgan fingerprint density at radius 2 is 1.72 bits per heavy atom. The molecule has 1 heterocycles. The van der Waals surface area contributed by atoms with Gasteiger partial charge in [0.05, 0.1) is 5.69 Å². The molecular weight excluding hydrogens is 231 g/mol. The number of halogens is 1. The van der Waals surface area contributed by atoms with Crippen LogP contribution in [0.1, 0.15) is 0 Å². The van der Waals surface area contributed by atoms with E-state index in [1.165, 1.54) is 12.1 Å². The average Bonchev–Trinajstić information content (AvgIpc) is 2.41. The molecule has 0 aliphatic rings. The summed E-state index contributed by atoms with van der Waals surface area (Å²) in [5.41, 5.74) is 1.15. The molecule has 3 aromatic rings. The van der Waals surface area contributed by atoms with E-state index in [0.717, 1.165) is 10.9 Å². The van der Waals surface area contributed by atoms with Crippen LogP contribution in [0.3, 0.4) is 0 Å². The van der Waals surface area contributed by atoms with Crippen LogP contribution < -0.4 is 5.56 Å². The minimum absolute atomic E-state index is 0.259. The third-order valence-electron chi connectivity index (χ3n) is 2.83. The van der Waals surface area contributed by atoms with Crippen LogP contribution in [0.15, 0.2) is 53.3 Å². The van der Waals surface area contributed by atoms with E-state index >= 15 is 0 Å². The molecule has 0 aliphatic heterocycles. The summed E-state index contributed by atoms with van der Waals surface area (Å²) >= 11 is 0. The Hall–Kier alpha value is -2.49. The largest absolute Gasteiger partial charge is 0.268 e. The standard InChI is InChI=1S/C14H9FN2O/c15-12-6-5-11(9-3-1-2-4-10(9)12)13-7-8-14(18)17-16-13/h1-8H,(H,17,18). The molecule has 0 spiro atoms. The molecule has 88 valence electrons. The van der Waals surface area contributed by atoms with Gasteiger partial charge in [0, 0.05) is 17.0 Å². The van der Waals surface area contributed by atoms with E-state index in [4.69, 9.17) is 0 Å². The first kappa shape index (κ1) is 10.7. The van der Waals surface area contributed by atoms with Crippen LogP contribution in [-0.4, -0.2) is 10.2 Å². The monoisotopic (exact) mass is 240 g/mol. The summed E-state index contributed by atoms with van der Waals surface area (Å²) in [6.45, 7) is 0. The fraction of sp³-hybridized carbons (Fsp3) is 0. The van der Waals surface area contributed by atoms with Gasteiger partial charge in [-0.25, -0.2) is 9.49 Å². The predicted octanol–water partition coefficient (Wildman–Crippen LogP) is 2.73. The maximum atomic E-state index is 13.7. The molecule has 0 radical (unpaired) electrons. The van der Waals surface area contributed by atoms with Crippen molar-refractivity contribution in [3.63, 3.8) is 0 Å². The number of hydrogen-bond acceptors (Lipinski definition) is 2. The molecule has 0 atom stereocenters. The third kappa shape index (κ3) is 1.68. The van der Waals surface area contributed by atoms with Crippen molar-refractivity contribution >= 4 is 10.8 Å². The second-order valence-corrected chi connectivity index (χ2v) is 3.95. The molecule has 4 heteroatoms. The highest BCUT2D eigenvalue weighted by Crippen LogP contribution is 2.28. The Balaban J connectivity index is 2.33.